The molecule has 3 nitrogen and oxygen atoms in total. The van der Waals surface area contributed by atoms with Crippen LogP contribution >= 0.6 is 0 Å². The van der Waals surface area contributed by atoms with E-state index < -0.39 is 64.2 Å². The minimum atomic E-state index is -4.77. The van der Waals surface area contributed by atoms with Crippen molar-refractivity contribution in [3.05, 3.63) is 106 Å². The maximum Gasteiger partial charge on any atom is 0.434 e. The average molecular weight is 585 g/mol. The first-order valence-electron chi connectivity index (χ1n) is 12.5. The van der Waals surface area contributed by atoms with Crippen LogP contribution in [0.5, 0.6) is 0 Å². The molecular weight excluding hydrogens is 560 g/mol. The molecule has 3 aromatic carbocycles. The van der Waals surface area contributed by atoms with Crippen molar-refractivity contribution in [3.8, 4) is 11.1 Å². The van der Waals surface area contributed by atoms with E-state index in [1.54, 1.807) is 6.07 Å². The summed E-state index contributed by atoms with van der Waals surface area (Å²) in [7, 11) is 0. The van der Waals surface area contributed by atoms with E-state index in [1.807, 2.05) is 0 Å². The van der Waals surface area contributed by atoms with Crippen molar-refractivity contribution in [3.63, 3.8) is 0 Å². The third-order valence-corrected chi connectivity index (χ3v) is 6.34. The average Bonchev–Trinajstić information content (AvgIpc) is 2.87. The van der Waals surface area contributed by atoms with Crippen LogP contribution in [-0.4, -0.2) is 13.2 Å². The first-order valence-corrected chi connectivity index (χ1v) is 12.5. The Balaban J connectivity index is 1.54. The van der Waals surface area contributed by atoms with E-state index in [4.69, 9.17) is 9.47 Å². The second kappa shape index (κ2) is 12.4. The molecule has 0 bridgehead atoms. The maximum absolute atomic E-state index is 14.9. The normalized spacial score (nSPS) is 17.7. The van der Waals surface area contributed by atoms with Crippen LogP contribution in [0.2, 0.25) is 0 Å². The molecule has 0 unspecified atom stereocenters. The quantitative estimate of drug-likeness (QED) is 0.143. The topological polar surface area (TPSA) is 27.7 Å². The Morgan fingerprint density at radius 2 is 1.51 bits per heavy atom. The van der Waals surface area contributed by atoms with Gasteiger partial charge in [-0.3, -0.25) is 0 Å². The van der Waals surface area contributed by atoms with Gasteiger partial charge < -0.3 is 14.2 Å². The SMILES string of the molecule is C=C(F)OC(F)(F)c1c(F)cc(-c2c(F)cc(/C=C/c3ccc(C4OCC(CCC)CO4)cc3F)cc2F)cc1F. The highest BCUT2D eigenvalue weighted by Gasteiger charge is 2.42. The van der Waals surface area contributed by atoms with Crippen LogP contribution in [0.25, 0.3) is 23.3 Å². The third-order valence-electron chi connectivity index (χ3n) is 6.34. The van der Waals surface area contributed by atoms with Crippen molar-refractivity contribution in [1.82, 2.24) is 0 Å². The number of halogens is 8. The van der Waals surface area contributed by atoms with Gasteiger partial charge in [-0.1, -0.05) is 37.6 Å². The zero-order valence-corrected chi connectivity index (χ0v) is 21.6. The maximum atomic E-state index is 14.9. The molecule has 0 amide bonds. The summed E-state index contributed by atoms with van der Waals surface area (Å²) in [5.74, 6) is -6.78. The van der Waals surface area contributed by atoms with Crippen LogP contribution in [0.15, 0.2) is 55.1 Å². The van der Waals surface area contributed by atoms with Crippen LogP contribution in [0.4, 0.5) is 35.1 Å². The van der Waals surface area contributed by atoms with E-state index in [9.17, 15) is 35.1 Å². The summed E-state index contributed by atoms with van der Waals surface area (Å²) in [6.45, 7) is 5.49. The number of hydrogen-bond acceptors (Lipinski definition) is 3. The van der Waals surface area contributed by atoms with E-state index in [0.717, 1.165) is 25.0 Å². The Morgan fingerprint density at radius 3 is 2.05 bits per heavy atom. The Bertz CT molecular complexity index is 1420. The van der Waals surface area contributed by atoms with Gasteiger partial charge in [-0.25, -0.2) is 22.0 Å². The summed E-state index contributed by atoms with van der Waals surface area (Å²) in [5.41, 5.74) is -3.10. The molecule has 1 heterocycles. The minimum Gasteiger partial charge on any atom is -0.403 e. The number of ether oxygens (including phenoxy) is 3. The molecular formula is C30H24F8O3. The number of benzene rings is 3. The lowest BCUT2D eigenvalue weighted by Crippen LogP contribution is -2.27. The molecule has 0 spiro atoms. The number of hydrogen-bond donors (Lipinski definition) is 0. The van der Waals surface area contributed by atoms with Crippen LogP contribution in [-0.2, 0) is 20.3 Å². The first kappa shape index (κ1) is 30.3. The smallest absolute Gasteiger partial charge is 0.403 e. The molecule has 0 N–H and O–H groups in total. The zero-order valence-electron chi connectivity index (χ0n) is 21.6. The lowest BCUT2D eigenvalue weighted by Gasteiger charge is -2.29. The molecule has 1 aliphatic rings. The van der Waals surface area contributed by atoms with Crippen LogP contribution in [0.3, 0.4) is 0 Å². The van der Waals surface area contributed by atoms with Crippen molar-refractivity contribution in [2.24, 2.45) is 5.92 Å². The Labute approximate surface area is 230 Å². The molecule has 0 aliphatic carbocycles. The third kappa shape index (κ3) is 6.97. The fraction of sp³-hybridized carbons (Fsp3) is 0.267. The summed E-state index contributed by atoms with van der Waals surface area (Å²) >= 11 is 0. The molecule has 41 heavy (non-hydrogen) atoms. The highest BCUT2D eigenvalue weighted by atomic mass is 19.3. The molecule has 1 saturated heterocycles. The van der Waals surface area contributed by atoms with Gasteiger partial charge in [0.25, 0.3) is 6.01 Å². The Kier molecular flexibility index (Phi) is 9.18. The van der Waals surface area contributed by atoms with Gasteiger partial charge in [-0.15, -0.1) is 0 Å². The molecule has 11 heteroatoms. The second-order valence-electron chi connectivity index (χ2n) is 9.42. The molecule has 1 fully saturated rings. The Hall–Kier alpha value is -3.70. The van der Waals surface area contributed by atoms with Crippen molar-refractivity contribution in [2.75, 3.05) is 13.2 Å². The molecule has 3 aromatic rings. The van der Waals surface area contributed by atoms with Gasteiger partial charge in [0.2, 0.25) is 0 Å². The molecule has 0 saturated carbocycles. The standard InChI is InChI=1S/C30H24F8O3/c1-3-4-18-14-39-29(40-15-18)20-8-7-19(22(32)11-20)6-5-17-9-23(33)27(24(34)10-17)21-12-25(35)28(26(36)13-21)30(37,38)41-16(2)31/h5-13,18,29H,2-4,14-15H2,1H3/b6-5+. The molecule has 0 radical (unpaired) electrons. The predicted molar refractivity (Wildman–Crippen MR) is 135 cm³/mol. The Morgan fingerprint density at radius 1 is 0.902 bits per heavy atom. The monoisotopic (exact) mass is 584 g/mol. The second-order valence-corrected chi connectivity index (χ2v) is 9.42. The van der Waals surface area contributed by atoms with Crippen LogP contribution in [0, 0.1) is 35.0 Å². The van der Waals surface area contributed by atoms with E-state index in [-0.39, 0.29) is 29.2 Å². The summed E-state index contributed by atoms with van der Waals surface area (Å²) in [6, 6.07) is 4.42. The molecule has 4 rings (SSSR count). The van der Waals surface area contributed by atoms with Crippen molar-refractivity contribution in [2.45, 2.75) is 32.2 Å². The van der Waals surface area contributed by atoms with Gasteiger partial charge in [-0.2, -0.15) is 13.2 Å². The molecule has 218 valence electrons. The van der Waals surface area contributed by atoms with Gasteiger partial charge >= 0.3 is 6.11 Å². The van der Waals surface area contributed by atoms with E-state index in [0.29, 0.717) is 18.8 Å². The predicted octanol–water partition coefficient (Wildman–Crippen LogP) is 9.19. The summed E-state index contributed by atoms with van der Waals surface area (Å²) in [4.78, 5) is 0. The van der Waals surface area contributed by atoms with Crippen LogP contribution in [0.1, 0.15) is 48.3 Å². The highest BCUT2D eigenvalue weighted by Crippen LogP contribution is 2.38. The molecule has 0 aromatic heterocycles. The van der Waals surface area contributed by atoms with Gasteiger partial charge in [0, 0.05) is 17.0 Å². The first-order chi connectivity index (χ1) is 19.4. The van der Waals surface area contributed by atoms with Crippen LogP contribution < -0.4 is 0 Å². The fourth-order valence-electron chi connectivity index (χ4n) is 4.47. The summed E-state index contributed by atoms with van der Waals surface area (Å²) < 4.78 is 128. The van der Waals surface area contributed by atoms with Crippen molar-refractivity contribution in [1.29, 1.82) is 0 Å². The number of alkyl halides is 2. The summed E-state index contributed by atoms with van der Waals surface area (Å²) in [6.07, 6.45) is -1.05. The van der Waals surface area contributed by atoms with Gasteiger partial charge in [-0.05, 0) is 54.5 Å². The molecule has 1 aliphatic heterocycles. The summed E-state index contributed by atoms with van der Waals surface area (Å²) in [5, 5.41) is 0. The van der Waals surface area contributed by atoms with Crippen molar-refractivity contribution < 1.29 is 49.3 Å². The largest absolute Gasteiger partial charge is 0.434 e. The van der Waals surface area contributed by atoms with E-state index >= 15 is 0 Å². The van der Waals surface area contributed by atoms with Gasteiger partial charge in [0.05, 0.1) is 18.8 Å². The number of rotatable bonds is 9. The minimum absolute atomic E-state index is 0.0629. The van der Waals surface area contributed by atoms with E-state index in [2.05, 4.69) is 18.2 Å². The lowest BCUT2D eigenvalue weighted by molar-refractivity contribution is -0.238. The highest BCUT2D eigenvalue weighted by molar-refractivity contribution is 5.73. The zero-order chi connectivity index (χ0) is 29.9. The lowest BCUT2D eigenvalue weighted by atomic mass is 9.99. The van der Waals surface area contributed by atoms with Gasteiger partial charge in [0.1, 0.15) is 34.6 Å². The van der Waals surface area contributed by atoms with Crippen molar-refractivity contribution >= 4 is 12.2 Å². The van der Waals surface area contributed by atoms with Gasteiger partial charge in [0.15, 0.2) is 6.29 Å². The molecule has 0 atom stereocenters. The fourth-order valence-corrected chi connectivity index (χ4v) is 4.47. The van der Waals surface area contributed by atoms with E-state index in [1.165, 1.54) is 24.3 Å².